The highest BCUT2D eigenvalue weighted by atomic mass is 35.5. The Morgan fingerprint density at radius 2 is 2.22 bits per heavy atom. The maximum atomic E-state index is 12.3. The van der Waals surface area contributed by atoms with Crippen molar-refractivity contribution < 1.29 is 8.42 Å². The van der Waals surface area contributed by atoms with Gasteiger partial charge in [-0.15, -0.1) is 0 Å². The first-order chi connectivity index (χ1) is 8.49. The summed E-state index contributed by atoms with van der Waals surface area (Å²) in [7, 11) is -3.54. The smallest absolute Gasteiger partial charge is 0.242 e. The second-order valence-electron chi connectivity index (χ2n) is 4.60. The molecule has 0 radical (unpaired) electrons. The van der Waals surface area contributed by atoms with Crippen molar-refractivity contribution in [2.75, 3.05) is 13.1 Å². The van der Waals surface area contributed by atoms with Gasteiger partial charge in [0.2, 0.25) is 10.0 Å². The van der Waals surface area contributed by atoms with E-state index in [-0.39, 0.29) is 16.0 Å². The van der Waals surface area contributed by atoms with Gasteiger partial charge in [-0.3, -0.25) is 0 Å². The van der Waals surface area contributed by atoms with Gasteiger partial charge in [-0.1, -0.05) is 17.7 Å². The van der Waals surface area contributed by atoms with E-state index in [0.29, 0.717) is 6.54 Å². The molecule has 1 fully saturated rings. The van der Waals surface area contributed by atoms with Crippen LogP contribution in [0.1, 0.15) is 18.4 Å². The Hall–Kier alpha value is -0.620. The van der Waals surface area contributed by atoms with E-state index in [2.05, 4.69) is 10.0 Å². The van der Waals surface area contributed by atoms with Crippen molar-refractivity contribution in [1.82, 2.24) is 10.0 Å². The summed E-state index contributed by atoms with van der Waals surface area (Å²) in [6, 6.07) is 4.95. The summed E-state index contributed by atoms with van der Waals surface area (Å²) in [4.78, 5) is 0.162. The molecule has 0 spiro atoms. The predicted octanol–water partition coefficient (Wildman–Crippen LogP) is 1.68. The monoisotopic (exact) mass is 288 g/mol. The van der Waals surface area contributed by atoms with E-state index in [1.54, 1.807) is 18.2 Å². The zero-order chi connectivity index (χ0) is 13.2. The molecule has 1 aliphatic heterocycles. The number of hydrogen-bond donors (Lipinski definition) is 2. The highest BCUT2D eigenvalue weighted by Crippen LogP contribution is 2.22. The average molecular weight is 289 g/mol. The Morgan fingerprint density at radius 1 is 1.44 bits per heavy atom. The molecule has 1 aliphatic rings. The van der Waals surface area contributed by atoms with Gasteiger partial charge in [0.1, 0.15) is 4.90 Å². The van der Waals surface area contributed by atoms with Gasteiger partial charge < -0.3 is 5.32 Å². The summed E-state index contributed by atoms with van der Waals surface area (Å²) in [5.74, 6) is 0. The fourth-order valence-corrected chi connectivity index (χ4v) is 3.91. The van der Waals surface area contributed by atoms with Crippen molar-refractivity contribution in [1.29, 1.82) is 0 Å². The topological polar surface area (TPSA) is 58.2 Å². The first-order valence-corrected chi connectivity index (χ1v) is 7.84. The molecule has 1 aromatic carbocycles. The van der Waals surface area contributed by atoms with Gasteiger partial charge in [0, 0.05) is 12.6 Å². The zero-order valence-electron chi connectivity index (χ0n) is 10.2. The fourth-order valence-electron chi connectivity index (χ4n) is 2.05. The standard InChI is InChI=1S/C12H17ClN2O2S/c1-9-4-5-11(13)12(7-9)18(16,17)15-10-3-2-6-14-8-10/h4-5,7,10,14-15H,2-3,6,8H2,1H3. The van der Waals surface area contributed by atoms with Crippen LogP contribution in [0, 0.1) is 6.92 Å². The Morgan fingerprint density at radius 3 is 2.89 bits per heavy atom. The molecule has 0 bridgehead atoms. The molecule has 0 aromatic heterocycles. The third-order valence-electron chi connectivity index (χ3n) is 2.99. The normalized spacial score (nSPS) is 20.9. The van der Waals surface area contributed by atoms with Gasteiger partial charge in [0.15, 0.2) is 0 Å². The minimum Gasteiger partial charge on any atom is -0.315 e. The van der Waals surface area contributed by atoms with Gasteiger partial charge in [0.25, 0.3) is 0 Å². The number of halogens is 1. The number of nitrogens with one attached hydrogen (secondary N) is 2. The maximum Gasteiger partial charge on any atom is 0.242 e. The molecule has 1 atom stereocenters. The Bertz CT molecular complexity index is 525. The summed E-state index contributed by atoms with van der Waals surface area (Å²) >= 11 is 5.96. The SMILES string of the molecule is Cc1ccc(Cl)c(S(=O)(=O)NC2CCCNC2)c1. The van der Waals surface area contributed by atoms with E-state index < -0.39 is 10.0 Å². The highest BCUT2D eigenvalue weighted by Gasteiger charge is 2.23. The lowest BCUT2D eigenvalue weighted by molar-refractivity contribution is 0.428. The van der Waals surface area contributed by atoms with Crippen LogP contribution in [0.25, 0.3) is 0 Å². The van der Waals surface area contributed by atoms with Crippen molar-refractivity contribution in [3.63, 3.8) is 0 Å². The van der Waals surface area contributed by atoms with Gasteiger partial charge in [0.05, 0.1) is 5.02 Å². The lowest BCUT2D eigenvalue weighted by Gasteiger charge is -2.23. The number of rotatable bonds is 3. The number of hydrogen-bond acceptors (Lipinski definition) is 3. The summed E-state index contributed by atoms with van der Waals surface area (Å²) in [6.45, 7) is 3.46. The van der Waals surface area contributed by atoms with Gasteiger partial charge in [-0.2, -0.15) is 0 Å². The molecule has 1 saturated heterocycles. The van der Waals surface area contributed by atoms with Crippen LogP contribution in [0.3, 0.4) is 0 Å². The van der Waals surface area contributed by atoms with Crippen LogP contribution in [0.2, 0.25) is 5.02 Å². The van der Waals surface area contributed by atoms with E-state index in [1.165, 1.54) is 0 Å². The lowest BCUT2D eigenvalue weighted by Crippen LogP contribution is -2.45. The second-order valence-corrected chi connectivity index (χ2v) is 6.69. The zero-order valence-corrected chi connectivity index (χ0v) is 11.8. The molecular formula is C12H17ClN2O2S. The van der Waals surface area contributed by atoms with Crippen molar-refractivity contribution in [2.45, 2.75) is 30.7 Å². The molecule has 1 unspecified atom stereocenters. The third-order valence-corrected chi connectivity index (χ3v) is 5.00. The Labute approximate surface area is 113 Å². The molecule has 0 saturated carbocycles. The first-order valence-electron chi connectivity index (χ1n) is 5.98. The maximum absolute atomic E-state index is 12.3. The highest BCUT2D eigenvalue weighted by molar-refractivity contribution is 7.89. The molecule has 1 heterocycles. The van der Waals surface area contributed by atoms with Crippen LogP contribution in [0.4, 0.5) is 0 Å². The minimum absolute atomic E-state index is 0.0553. The molecule has 100 valence electrons. The second kappa shape index (κ2) is 5.57. The van der Waals surface area contributed by atoms with Crippen molar-refractivity contribution in [2.24, 2.45) is 0 Å². The van der Waals surface area contributed by atoms with Crippen LogP contribution in [0.15, 0.2) is 23.1 Å². The van der Waals surface area contributed by atoms with E-state index in [4.69, 9.17) is 11.6 Å². The molecule has 2 rings (SSSR count). The quantitative estimate of drug-likeness (QED) is 0.890. The summed E-state index contributed by atoms with van der Waals surface area (Å²) in [5.41, 5.74) is 0.876. The van der Waals surface area contributed by atoms with Gasteiger partial charge in [-0.05, 0) is 44.0 Å². The molecule has 0 aliphatic carbocycles. The van der Waals surface area contributed by atoms with Crippen LogP contribution < -0.4 is 10.0 Å². The van der Waals surface area contributed by atoms with Crippen molar-refractivity contribution >= 4 is 21.6 Å². The number of aryl methyl sites for hydroxylation is 1. The van der Waals surface area contributed by atoms with Crippen LogP contribution in [-0.4, -0.2) is 27.5 Å². The number of sulfonamides is 1. The lowest BCUT2D eigenvalue weighted by atomic mass is 10.1. The molecule has 2 N–H and O–H groups in total. The van der Waals surface area contributed by atoms with Gasteiger partial charge >= 0.3 is 0 Å². The Balaban J connectivity index is 2.21. The van der Waals surface area contributed by atoms with Crippen LogP contribution in [0.5, 0.6) is 0 Å². The third kappa shape index (κ3) is 3.23. The summed E-state index contributed by atoms with van der Waals surface area (Å²) in [6.07, 6.45) is 1.84. The molecular weight excluding hydrogens is 272 g/mol. The molecule has 1 aromatic rings. The van der Waals surface area contributed by atoms with E-state index in [9.17, 15) is 8.42 Å². The summed E-state index contributed by atoms with van der Waals surface area (Å²) in [5, 5.41) is 3.44. The van der Waals surface area contributed by atoms with E-state index >= 15 is 0 Å². The number of piperidine rings is 1. The van der Waals surface area contributed by atoms with Crippen molar-refractivity contribution in [3.05, 3.63) is 28.8 Å². The molecule has 4 nitrogen and oxygen atoms in total. The number of benzene rings is 1. The largest absolute Gasteiger partial charge is 0.315 e. The van der Waals surface area contributed by atoms with Crippen LogP contribution >= 0.6 is 11.6 Å². The van der Waals surface area contributed by atoms with Crippen molar-refractivity contribution in [3.8, 4) is 0 Å². The minimum atomic E-state index is -3.54. The molecule has 0 amide bonds. The first kappa shape index (κ1) is 13.8. The predicted molar refractivity (Wildman–Crippen MR) is 72.4 cm³/mol. The fraction of sp³-hybridized carbons (Fsp3) is 0.500. The van der Waals surface area contributed by atoms with Crippen LogP contribution in [-0.2, 0) is 10.0 Å². The molecule has 18 heavy (non-hydrogen) atoms. The average Bonchev–Trinajstić information content (AvgIpc) is 2.33. The summed E-state index contributed by atoms with van der Waals surface area (Å²) < 4.78 is 27.2. The molecule has 6 heteroatoms. The van der Waals surface area contributed by atoms with Gasteiger partial charge in [-0.25, -0.2) is 13.1 Å². The van der Waals surface area contributed by atoms with E-state index in [0.717, 1.165) is 24.9 Å². The Kier molecular flexibility index (Phi) is 4.27. The van der Waals surface area contributed by atoms with E-state index in [1.807, 2.05) is 6.92 Å².